The molecule has 1 atom stereocenters. The van der Waals surface area contributed by atoms with E-state index in [2.05, 4.69) is 11.4 Å². The summed E-state index contributed by atoms with van der Waals surface area (Å²) >= 11 is 0. The maximum Gasteiger partial charge on any atom is 0.123 e. The van der Waals surface area contributed by atoms with Crippen LogP contribution in [0.2, 0.25) is 0 Å². The van der Waals surface area contributed by atoms with Gasteiger partial charge in [-0.2, -0.15) is 0 Å². The molecule has 0 spiro atoms. The molecule has 0 aliphatic carbocycles. The maximum atomic E-state index is 9.64. The van der Waals surface area contributed by atoms with Gasteiger partial charge >= 0.3 is 0 Å². The third-order valence-electron chi connectivity index (χ3n) is 4.51. The molecular weight excluding hydrogens is 278 g/mol. The molecule has 1 aliphatic rings. The number of aliphatic hydroxyl groups is 1. The Labute approximate surface area is 133 Å². The maximum absolute atomic E-state index is 9.64. The molecule has 1 fully saturated rings. The minimum Gasteiger partial charge on any atom is -0.494 e. The summed E-state index contributed by atoms with van der Waals surface area (Å²) in [5, 5.41) is 13.1. The first-order chi connectivity index (χ1) is 10.8. The first-order valence-corrected chi connectivity index (χ1v) is 8.47. The molecule has 4 heteroatoms. The first kappa shape index (κ1) is 17.1. The van der Waals surface area contributed by atoms with Gasteiger partial charge in [0.05, 0.1) is 13.2 Å². The third-order valence-corrected chi connectivity index (χ3v) is 4.51. The fourth-order valence-electron chi connectivity index (χ4n) is 3.46. The van der Waals surface area contributed by atoms with Gasteiger partial charge in [0.15, 0.2) is 0 Å². The minimum atomic E-state index is -0.0319. The second-order valence-electron chi connectivity index (χ2n) is 5.88. The van der Waals surface area contributed by atoms with E-state index in [1.54, 1.807) is 0 Å². The Morgan fingerprint density at radius 2 is 1.95 bits per heavy atom. The number of nitrogens with one attached hydrogen (secondary N) is 1. The van der Waals surface area contributed by atoms with Crippen molar-refractivity contribution in [3.63, 3.8) is 0 Å². The number of hydrogen-bond acceptors (Lipinski definition) is 4. The highest BCUT2D eigenvalue weighted by molar-refractivity contribution is 5.45. The lowest BCUT2D eigenvalue weighted by Gasteiger charge is -2.34. The molecular formula is C18H29NO3. The van der Waals surface area contributed by atoms with Crippen LogP contribution >= 0.6 is 0 Å². The zero-order chi connectivity index (χ0) is 15.8. The number of benzene rings is 1. The molecule has 1 saturated heterocycles. The molecule has 2 rings (SSSR count). The summed E-state index contributed by atoms with van der Waals surface area (Å²) in [6, 6.07) is 6.11. The predicted octanol–water partition coefficient (Wildman–Crippen LogP) is 2.88. The molecule has 0 saturated carbocycles. The molecule has 1 aromatic rings. The number of rotatable bonds is 7. The first-order valence-electron chi connectivity index (χ1n) is 8.47. The van der Waals surface area contributed by atoms with Gasteiger partial charge in [0.2, 0.25) is 0 Å². The van der Waals surface area contributed by atoms with E-state index in [9.17, 15) is 5.11 Å². The average molecular weight is 307 g/mol. The van der Waals surface area contributed by atoms with Crippen LogP contribution < -0.4 is 14.8 Å². The molecule has 1 heterocycles. The lowest BCUT2D eigenvalue weighted by molar-refractivity contribution is 0.218. The summed E-state index contributed by atoms with van der Waals surface area (Å²) in [7, 11) is 0. The van der Waals surface area contributed by atoms with Crippen LogP contribution in [0.1, 0.15) is 45.1 Å². The largest absolute Gasteiger partial charge is 0.494 e. The van der Waals surface area contributed by atoms with Gasteiger partial charge in [-0.3, -0.25) is 0 Å². The van der Waals surface area contributed by atoms with E-state index in [0.29, 0.717) is 13.2 Å². The predicted molar refractivity (Wildman–Crippen MR) is 88.9 cm³/mol. The quantitative estimate of drug-likeness (QED) is 0.813. The van der Waals surface area contributed by atoms with Gasteiger partial charge in [-0.15, -0.1) is 0 Å². The Morgan fingerprint density at radius 3 is 2.68 bits per heavy atom. The van der Waals surface area contributed by atoms with E-state index in [0.717, 1.165) is 50.3 Å². The molecule has 1 aliphatic heterocycles. The molecule has 0 bridgehead atoms. The van der Waals surface area contributed by atoms with Gasteiger partial charge in [0.1, 0.15) is 11.5 Å². The summed E-state index contributed by atoms with van der Waals surface area (Å²) in [5.74, 6) is 1.82. The van der Waals surface area contributed by atoms with E-state index in [4.69, 9.17) is 9.47 Å². The Kier molecular flexibility index (Phi) is 6.52. The summed E-state index contributed by atoms with van der Waals surface area (Å²) in [6.45, 7) is 7.52. The second-order valence-corrected chi connectivity index (χ2v) is 5.88. The number of hydrogen-bond donors (Lipinski definition) is 2. The summed E-state index contributed by atoms with van der Waals surface area (Å²) in [4.78, 5) is 0. The molecule has 0 aromatic heterocycles. The monoisotopic (exact) mass is 307 g/mol. The minimum absolute atomic E-state index is 0.0319. The molecule has 22 heavy (non-hydrogen) atoms. The van der Waals surface area contributed by atoms with Gasteiger partial charge in [0, 0.05) is 17.6 Å². The van der Waals surface area contributed by atoms with Gasteiger partial charge in [-0.25, -0.2) is 0 Å². The van der Waals surface area contributed by atoms with E-state index in [1.807, 2.05) is 26.0 Å². The van der Waals surface area contributed by atoms with E-state index >= 15 is 0 Å². The van der Waals surface area contributed by atoms with Crippen LogP contribution in [-0.4, -0.2) is 38.0 Å². The Balaban J connectivity index is 2.44. The standard InChI is InChI=1S/C18H29NO3/c1-3-21-15-6-7-17(22-4-2)16(14-15)18(10-13-20)8-5-11-19-12-9-18/h6-7,14,19-20H,3-5,8-13H2,1-2H3. The van der Waals surface area contributed by atoms with Crippen LogP contribution in [0.25, 0.3) is 0 Å². The second kappa shape index (κ2) is 8.39. The molecule has 1 unspecified atom stereocenters. The van der Waals surface area contributed by atoms with Crippen LogP contribution in [0.4, 0.5) is 0 Å². The number of aliphatic hydroxyl groups excluding tert-OH is 1. The van der Waals surface area contributed by atoms with Gasteiger partial charge < -0.3 is 19.9 Å². The van der Waals surface area contributed by atoms with Crippen molar-refractivity contribution in [2.75, 3.05) is 32.9 Å². The van der Waals surface area contributed by atoms with Crippen LogP contribution in [-0.2, 0) is 5.41 Å². The summed E-state index contributed by atoms with van der Waals surface area (Å²) in [6.07, 6.45) is 3.97. The van der Waals surface area contributed by atoms with Crippen molar-refractivity contribution in [3.8, 4) is 11.5 Å². The SMILES string of the molecule is CCOc1ccc(OCC)c(C2(CCO)CCCNCC2)c1. The molecule has 0 amide bonds. The van der Waals surface area contributed by atoms with Gasteiger partial charge in [0.25, 0.3) is 0 Å². The van der Waals surface area contributed by atoms with Gasteiger partial charge in [-0.1, -0.05) is 0 Å². The smallest absolute Gasteiger partial charge is 0.123 e. The van der Waals surface area contributed by atoms with E-state index < -0.39 is 0 Å². The van der Waals surface area contributed by atoms with Crippen molar-refractivity contribution < 1.29 is 14.6 Å². The highest BCUT2D eigenvalue weighted by atomic mass is 16.5. The van der Waals surface area contributed by atoms with Crippen molar-refractivity contribution in [3.05, 3.63) is 23.8 Å². The fraction of sp³-hybridized carbons (Fsp3) is 0.667. The van der Waals surface area contributed by atoms with Crippen LogP contribution in [0.15, 0.2) is 18.2 Å². The highest BCUT2D eigenvalue weighted by Crippen LogP contribution is 2.43. The van der Waals surface area contributed by atoms with E-state index in [-0.39, 0.29) is 12.0 Å². The van der Waals surface area contributed by atoms with E-state index in [1.165, 1.54) is 5.56 Å². The molecule has 124 valence electrons. The van der Waals surface area contributed by atoms with Crippen LogP contribution in [0, 0.1) is 0 Å². The Morgan fingerprint density at radius 1 is 1.14 bits per heavy atom. The number of ether oxygens (including phenoxy) is 2. The van der Waals surface area contributed by atoms with Crippen LogP contribution in [0.5, 0.6) is 11.5 Å². The zero-order valence-electron chi connectivity index (χ0n) is 13.9. The lowest BCUT2D eigenvalue weighted by Crippen LogP contribution is -2.30. The van der Waals surface area contributed by atoms with Crippen molar-refractivity contribution in [2.45, 2.75) is 44.9 Å². The normalized spacial score (nSPS) is 22.1. The average Bonchev–Trinajstić information content (AvgIpc) is 2.76. The van der Waals surface area contributed by atoms with Gasteiger partial charge in [-0.05, 0) is 70.8 Å². The zero-order valence-corrected chi connectivity index (χ0v) is 13.9. The lowest BCUT2D eigenvalue weighted by atomic mass is 9.71. The summed E-state index contributed by atoms with van der Waals surface area (Å²) in [5.41, 5.74) is 1.16. The topological polar surface area (TPSA) is 50.7 Å². The van der Waals surface area contributed by atoms with Crippen molar-refractivity contribution >= 4 is 0 Å². The molecule has 4 nitrogen and oxygen atoms in total. The third kappa shape index (κ3) is 3.93. The van der Waals surface area contributed by atoms with Crippen LogP contribution in [0.3, 0.4) is 0 Å². The Bertz CT molecular complexity index is 454. The molecule has 2 N–H and O–H groups in total. The van der Waals surface area contributed by atoms with Crippen molar-refractivity contribution in [2.24, 2.45) is 0 Å². The summed E-state index contributed by atoms with van der Waals surface area (Å²) < 4.78 is 11.6. The highest BCUT2D eigenvalue weighted by Gasteiger charge is 2.35. The molecule has 1 aromatic carbocycles. The van der Waals surface area contributed by atoms with Crippen molar-refractivity contribution in [1.29, 1.82) is 0 Å². The fourth-order valence-corrected chi connectivity index (χ4v) is 3.46. The molecule has 0 radical (unpaired) electrons. The van der Waals surface area contributed by atoms with Crippen molar-refractivity contribution in [1.82, 2.24) is 5.32 Å². The Hall–Kier alpha value is -1.26.